The van der Waals surface area contributed by atoms with Crippen LogP contribution in [0.25, 0.3) is 0 Å². The van der Waals surface area contributed by atoms with Crippen molar-refractivity contribution in [1.29, 1.82) is 0 Å². The van der Waals surface area contributed by atoms with Crippen molar-refractivity contribution in [1.82, 2.24) is 15.1 Å². The minimum Gasteiger partial charge on any atom is -0.366 e. The molecule has 0 unspecified atom stereocenters. The summed E-state index contributed by atoms with van der Waals surface area (Å²) in [6.45, 7) is 2.17. The van der Waals surface area contributed by atoms with E-state index in [0.717, 1.165) is 25.3 Å². The number of fused-ring (bicyclic) bond motifs is 1. The van der Waals surface area contributed by atoms with E-state index in [1.165, 1.54) is 24.1 Å². The topological polar surface area (TPSA) is 44.0 Å². The largest absolute Gasteiger partial charge is 0.366 e. The van der Waals surface area contributed by atoms with Gasteiger partial charge in [-0.25, -0.2) is 0 Å². The van der Waals surface area contributed by atoms with E-state index in [1.807, 2.05) is 0 Å². The van der Waals surface area contributed by atoms with Crippen molar-refractivity contribution in [3.05, 3.63) is 11.3 Å². The molecule has 4 heteroatoms. The van der Waals surface area contributed by atoms with Crippen LogP contribution in [0, 0.1) is 0 Å². The zero-order valence-corrected chi connectivity index (χ0v) is 8.51. The first-order valence-corrected chi connectivity index (χ1v) is 5.34. The molecule has 0 atom stereocenters. The van der Waals surface area contributed by atoms with Gasteiger partial charge in [0.15, 0.2) is 5.82 Å². The fourth-order valence-electron chi connectivity index (χ4n) is 1.97. The van der Waals surface area contributed by atoms with Crippen LogP contribution < -0.4 is 5.32 Å². The normalized spacial score (nSPS) is 22.1. The first-order chi connectivity index (χ1) is 6.83. The minimum absolute atomic E-state index is 0.689. The molecule has 3 rings (SSSR count). The minimum atomic E-state index is 0.689. The highest BCUT2D eigenvalue weighted by Gasteiger charge is 2.26. The standard InChI is InChI=1S/C10H16N4/c1-14-5-4-9-8(6-14)10(13-12-9)11-7-2-3-7/h7H,2-6H2,1H3,(H2,11,12,13). The van der Waals surface area contributed by atoms with Crippen LogP contribution in [0.1, 0.15) is 24.1 Å². The monoisotopic (exact) mass is 192 g/mol. The molecule has 76 valence electrons. The number of likely N-dealkylation sites (N-methyl/N-ethyl adjacent to an activating group) is 1. The molecule has 14 heavy (non-hydrogen) atoms. The molecule has 0 saturated heterocycles. The van der Waals surface area contributed by atoms with Gasteiger partial charge in [0.1, 0.15) is 0 Å². The van der Waals surface area contributed by atoms with Gasteiger partial charge in [0.05, 0.1) is 0 Å². The lowest BCUT2D eigenvalue weighted by Gasteiger charge is -2.22. The van der Waals surface area contributed by atoms with Crippen LogP contribution in [0.15, 0.2) is 0 Å². The molecule has 0 spiro atoms. The molecule has 2 heterocycles. The quantitative estimate of drug-likeness (QED) is 0.734. The van der Waals surface area contributed by atoms with E-state index in [1.54, 1.807) is 0 Å². The number of rotatable bonds is 2. The van der Waals surface area contributed by atoms with Gasteiger partial charge in [-0.1, -0.05) is 0 Å². The summed E-state index contributed by atoms with van der Waals surface area (Å²) in [5.74, 6) is 1.09. The Morgan fingerprint density at radius 2 is 2.36 bits per heavy atom. The van der Waals surface area contributed by atoms with Crippen molar-refractivity contribution >= 4 is 5.82 Å². The van der Waals surface area contributed by atoms with Gasteiger partial charge >= 0.3 is 0 Å². The van der Waals surface area contributed by atoms with Crippen molar-refractivity contribution < 1.29 is 0 Å². The lowest BCUT2D eigenvalue weighted by molar-refractivity contribution is 0.312. The Kier molecular flexibility index (Phi) is 1.77. The molecular weight excluding hydrogens is 176 g/mol. The fourth-order valence-corrected chi connectivity index (χ4v) is 1.97. The number of aromatic amines is 1. The number of aromatic nitrogens is 2. The first-order valence-electron chi connectivity index (χ1n) is 5.34. The van der Waals surface area contributed by atoms with Gasteiger partial charge in [-0.3, -0.25) is 5.10 Å². The molecule has 1 aliphatic carbocycles. The Morgan fingerprint density at radius 3 is 3.14 bits per heavy atom. The maximum Gasteiger partial charge on any atom is 0.152 e. The van der Waals surface area contributed by atoms with E-state index >= 15 is 0 Å². The number of hydrogen-bond donors (Lipinski definition) is 2. The molecule has 0 aromatic carbocycles. The second-order valence-corrected chi connectivity index (χ2v) is 4.44. The second-order valence-electron chi connectivity index (χ2n) is 4.44. The summed E-state index contributed by atoms with van der Waals surface area (Å²) >= 11 is 0. The van der Waals surface area contributed by atoms with Crippen LogP contribution in [0.5, 0.6) is 0 Å². The van der Waals surface area contributed by atoms with E-state index in [9.17, 15) is 0 Å². The van der Waals surface area contributed by atoms with Crippen LogP contribution in [0.3, 0.4) is 0 Å². The second kappa shape index (κ2) is 2.98. The Bertz CT molecular complexity index is 340. The van der Waals surface area contributed by atoms with Crippen LogP contribution in [-0.4, -0.2) is 34.7 Å². The van der Waals surface area contributed by atoms with Crippen LogP contribution in [0.4, 0.5) is 5.82 Å². The van der Waals surface area contributed by atoms with Gasteiger partial charge in [0.2, 0.25) is 0 Å². The zero-order valence-electron chi connectivity index (χ0n) is 8.51. The van der Waals surface area contributed by atoms with E-state index in [4.69, 9.17) is 0 Å². The molecule has 0 amide bonds. The van der Waals surface area contributed by atoms with Gasteiger partial charge in [0.25, 0.3) is 0 Å². The lowest BCUT2D eigenvalue weighted by Crippen LogP contribution is -2.26. The van der Waals surface area contributed by atoms with Crippen molar-refractivity contribution in [3.63, 3.8) is 0 Å². The van der Waals surface area contributed by atoms with Gasteiger partial charge < -0.3 is 10.2 Å². The van der Waals surface area contributed by atoms with Gasteiger partial charge in [-0.05, 0) is 19.9 Å². The van der Waals surface area contributed by atoms with Crippen molar-refractivity contribution in [2.24, 2.45) is 0 Å². The van der Waals surface area contributed by atoms with E-state index in [0.29, 0.717) is 6.04 Å². The van der Waals surface area contributed by atoms with E-state index < -0.39 is 0 Å². The summed E-state index contributed by atoms with van der Waals surface area (Å²) in [6.07, 6.45) is 3.71. The Hall–Kier alpha value is -1.03. The van der Waals surface area contributed by atoms with Crippen molar-refractivity contribution in [2.45, 2.75) is 31.8 Å². The average molecular weight is 192 g/mol. The fraction of sp³-hybridized carbons (Fsp3) is 0.700. The Labute approximate surface area is 83.7 Å². The maximum absolute atomic E-state index is 4.35. The van der Waals surface area contributed by atoms with Crippen LogP contribution >= 0.6 is 0 Å². The predicted molar refractivity (Wildman–Crippen MR) is 55.3 cm³/mol. The third kappa shape index (κ3) is 1.39. The lowest BCUT2D eigenvalue weighted by atomic mass is 10.1. The highest BCUT2D eigenvalue weighted by Crippen LogP contribution is 2.28. The van der Waals surface area contributed by atoms with Crippen LogP contribution in [-0.2, 0) is 13.0 Å². The average Bonchev–Trinajstić information content (AvgIpc) is 2.90. The third-order valence-electron chi connectivity index (χ3n) is 3.04. The molecule has 4 nitrogen and oxygen atoms in total. The molecule has 0 bridgehead atoms. The number of nitrogens with zero attached hydrogens (tertiary/aromatic N) is 2. The molecule has 1 saturated carbocycles. The first kappa shape index (κ1) is 8.29. The van der Waals surface area contributed by atoms with Gasteiger partial charge in [-0.2, -0.15) is 5.10 Å². The molecule has 1 aromatic heterocycles. The molecule has 1 aliphatic heterocycles. The summed E-state index contributed by atoms with van der Waals surface area (Å²) in [5.41, 5.74) is 2.71. The Morgan fingerprint density at radius 1 is 1.50 bits per heavy atom. The Balaban J connectivity index is 1.85. The smallest absolute Gasteiger partial charge is 0.152 e. The third-order valence-corrected chi connectivity index (χ3v) is 3.04. The maximum atomic E-state index is 4.35. The number of H-pyrrole nitrogens is 1. The molecule has 1 aromatic rings. The number of nitrogens with one attached hydrogen (secondary N) is 2. The van der Waals surface area contributed by atoms with Crippen LogP contribution in [0.2, 0.25) is 0 Å². The highest BCUT2D eigenvalue weighted by molar-refractivity contribution is 5.48. The van der Waals surface area contributed by atoms with Gasteiger partial charge in [0, 0.05) is 36.8 Å². The molecule has 2 N–H and O–H groups in total. The highest BCUT2D eigenvalue weighted by atomic mass is 15.2. The number of hydrogen-bond acceptors (Lipinski definition) is 3. The van der Waals surface area contributed by atoms with E-state index in [-0.39, 0.29) is 0 Å². The van der Waals surface area contributed by atoms with E-state index in [2.05, 4.69) is 27.5 Å². The summed E-state index contributed by atoms with van der Waals surface area (Å²) in [6, 6.07) is 0.689. The van der Waals surface area contributed by atoms with Crippen molar-refractivity contribution in [3.8, 4) is 0 Å². The molecular formula is C10H16N4. The van der Waals surface area contributed by atoms with Gasteiger partial charge in [-0.15, -0.1) is 0 Å². The molecule has 2 aliphatic rings. The predicted octanol–water partition coefficient (Wildman–Crippen LogP) is 0.972. The van der Waals surface area contributed by atoms with Crippen molar-refractivity contribution in [2.75, 3.05) is 18.9 Å². The summed E-state index contributed by atoms with van der Waals surface area (Å²) in [7, 11) is 2.16. The zero-order chi connectivity index (χ0) is 9.54. The molecule has 0 radical (unpaired) electrons. The summed E-state index contributed by atoms with van der Waals surface area (Å²) in [5, 5.41) is 11.0. The summed E-state index contributed by atoms with van der Waals surface area (Å²) < 4.78 is 0. The summed E-state index contributed by atoms with van der Waals surface area (Å²) in [4.78, 5) is 2.34. The molecule has 1 fully saturated rings. The number of anilines is 1. The SMILES string of the molecule is CN1CCc2[nH]nc(NC3CC3)c2C1.